The lowest BCUT2D eigenvalue weighted by Crippen LogP contribution is -2.08. The molecule has 1 aliphatic carbocycles. The number of aliphatic hydroxyl groups excluding tert-OH is 1. The Hall–Kier alpha value is -0.340. The number of aryl methyl sites for hydroxylation is 1. The second-order valence-electron chi connectivity index (χ2n) is 3.93. The summed E-state index contributed by atoms with van der Waals surface area (Å²) in [6.45, 7) is 0. The maximum absolute atomic E-state index is 9.62. The van der Waals surface area contributed by atoms with Crippen molar-refractivity contribution in [2.45, 2.75) is 38.2 Å². The molecular formula is C11H16OS. The summed E-state index contributed by atoms with van der Waals surface area (Å²) in [5.41, 5.74) is 1.42. The van der Waals surface area contributed by atoms with E-state index in [4.69, 9.17) is 0 Å². The fourth-order valence-corrected chi connectivity index (χ4v) is 2.37. The van der Waals surface area contributed by atoms with Gasteiger partial charge >= 0.3 is 0 Å². The van der Waals surface area contributed by atoms with E-state index >= 15 is 0 Å². The Morgan fingerprint density at radius 3 is 3.00 bits per heavy atom. The standard InChI is InChI=1S/C11H16OS/c12-11(10-4-5-10)3-1-2-9-6-7-13-8-9/h6-8,10-12H,1-5H2. The summed E-state index contributed by atoms with van der Waals surface area (Å²) >= 11 is 1.75. The second kappa shape index (κ2) is 4.25. The molecule has 2 heteroatoms. The lowest BCUT2D eigenvalue weighted by molar-refractivity contribution is 0.139. The van der Waals surface area contributed by atoms with Crippen molar-refractivity contribution in [2.24, 2.45) is 5.92 Å². The van der Waals surface area contributed by atoms with Crippen LogP contribution in [0.5, 0.6) is 0 Å². The Kier molecular flexibility index (Phi) is 3.01. The van der Waals surface area contributed by atoms with Crippen molar-refractivity contribution < 1.29 is 5.11 Å². The highest BCUT2D eigenvalue weighted by atomic mass is 32.1. The molecule has 0 radical (unpaired) electrons. The van der Waals surface area contributed by atoms with Crippen LogP contribution in [-0.4, -0.2) is 11.2 Å². The molecule has 1 aliphatic rings. The average molecular weight is 196 g/mol. The lowest BCUT2D eigenvalue weighted by atomic mass is 10.1. The summed E-state index contributed by atoms with van der Waals surface area (Å²) in [6.07, 6.45) is 5.74. The predicted octanol–water partition coefficient (Wildman–Crippen LogP) is 2.84. The van der Waals surface area contributed by atoms with E-state index in [0.717, 1.165) is 19.3 Å². The number of rotatable bonds is 5. The minimum absolute atomic E-state index is 0.0152. The summed E-state index contributed by atoms with van der Waals surface area (Å²) in [5.74, 6) is 0.641. The second-order valence-corrected chi connectivity index (χ2v) is 4.71. The zero-order valence-electron chi connectivity index (χ0n) is 7.78. The van der Waals surface area contributed by atoms with E-state index < -0.39 is 0 Å². The highest BCUT2D eigenvalue weighted by Gasteiger charge is 2.28. The topological polar surface area (TPSA) is 20.2 Å². The largest absolute Gasteiger partial charge is 0.393 e. The number of hydrogen-bond donors (Lipinski definition) is 1. The number of aliphatic hydroxyl groups is 1. The molecule has 0 spiro atoms. The Morgan fingerprint density at radius 2 is 2.38 bits per heavy atom. The van der Waals surface area contributed by atoms with Gasteiger partial charge in [0.05, 0.1) is 6.10 Å². The first kappa shape index (κ1) is 9.22. The van der Waals surface area contributed by atoms with Gasteiger partial charge in [0, 0.05) is 0 Å². The molecule has 0 aromatic carbocycles. The molecular weight excluding hydrogens is 180 g/mol. The highest BCUT2D eigenvalue weighted by molar-refractivity contribution is 7.07. The minimum Gasteiger partial charge on any atom is -0.393 e. The molecule has 1 aromatic rings. The van der Waals surface area contributed by atoms with Crippen molar-refractivity contribution in [3.05, 3.63) is 22.4 Å². The molecule has 1 nitrogen and oxygen atoms in total. The normalized spacial score (nSPS) is 18.8. The SMILES string of the molecule is OC(CCCc1ccsc1)C1CC1. The van der Waals surface area contributed by atoms with Gasteiger partial charge in [-0.1, -0.05) is 0 Å². The third-order valence-electron chi connectivity index (χ3n) is 2.71. The predicted molar refractivity (Wildman–Crippen MR) is 56.0 cm³/mol. The van der Waals surface area contributed by atoms with E-state index in [-0.39, 0.29) is 6.10 Å². The Morgan fingerprint density at radius 1 is 1.54 bits per heavy atom. The number of thiophene rings is 1. The van der Waals surface area contributed by atoms with Crippen LogP contribution < -0.4 is 0 Å². The van der Waals surface area contributed by atoms with Gasteiger partial charge in [-0.2, -0.15) is 11.3 Å². The summed E-state index contributed by atoms with van der Waals surface area (Å²) in [6, 6.07) is 2.17. The molecule has 72 valence electrons. The first-order chi connectivity index (χ1) is 6.36. The summed E-state index contributed by atoms with van der Waals surface area (Å²) < 4.78 is 0. The van der Waals surface area contributed by atoms with Crippen molar-refractivity contribution in [1.29, 1.82) is 0 Å². The van der Waals surface area contributed by atoms with Gasteiger partial charge < -0.3 is 5.11 Å². The Bertz CT molecular complexity index is 239. The van der Waals surface area contributed by atoms with Gasteiger partial charge in [0.1, 0.15) is 0 Å². The van der Waals surface area contributed by atoms with Crippen LogP contribution in [0, 0.1) is 5.92 Å². The molecule has 1 heterocycles. The Labute approximate surface area is 83.4 Å². The highest BCUT2D eigenvalue weighted by Crippen LogP contribution is 2.34. The van der Waals surface area contributed by atoms with Crippen molar-refractivity contribution in [2.75, 3.05) is 0 Å². The molecule has 1 saturated carbocycles. The quantitative estimate of drug-likeness (QED) is 0.767. The van der Waals surface area contributed by atoms with Crippen LogP contribution in [-0.2, 0) is 6.42 Å². The van der Waals surface area contributed by atoms with Gasteiger partial charge in [-0.25, -0.2) is 0 Å². The third-order valence-corrected chi connectivity index (χ3v) is 3.44. The van der Waals surface area contributed by atoms with Crippen molar-refractivity contribution in [1.82, 2.24) is 0 Å². The van der Waals surface area contributed by atoms with Gasteiger partial charge in [0.15, 0.2) is 0 Å². The Balaban J connectivity index is 1.63. The monoisotopic (exact) mass is 196 g/mol. The maximum Gasteiger partial charge on any atom is 0.0568 e. The maximum atomic E-state index is 9.62. The van der Waals surface area contributed by atoms with E-state index in [1.54, 1.807) is 11.3 Å². The van der Waals surface area contributed by atoms with E-state index in [0.29, 0.717) is 5.92 Å². The van der Waals surface area contributed by atoms with Crippen LogP contribution in [0.3, 0.4) is 0 Å². The first-order valence-electron chi connectivity index (χ1n) is 5.05. The van der Waals surface area contributed by atoms with Gasteiger partial charge in [-0.3, -0.25) is 0 Å². The van der Waals surface area contributed by atoms with Crippen LogP contribution in [0.15, 0.2) is 16.8 Å². The van der Waals surface area contributed by atoms with E-state index in [9.17, 15) is 5.11 Å². The fraction of sp³-hybridized carbons (Fsp3) is 0.636. The van der Waals surface area contributed by atoms with Crippen molar-refractivity contribution in [3.8, 4) is 0 Å². The third kappa shape index (κ3) is 2.82. The molecule has 13 heavy (non-hydrogen) atoms. The smallest absolute Gasteiger partial charge is 0.0568 e. The molecule has 2 rings (SSSR count). The van der Waals surface area contributed by atoms with Crippen LogP contribution in [0.2, 0.25) is 0 Å². The van der Waals surface area contributed by atoms with Gasteiger partial charge in [0.25, 0.3) is 0 Å². The first-order valence-corrected chi connectivity index (χ1v) is 5.99. The molecule has 1 unspecified atom stereocenters. The minimum atomic E-state index is -0.0152. The van der Waals surface area contributed by atoms with E-state index in [1.165, 1.54) is 18.4 Å². The fourth-order valence-electron chi connectivity index (χ4n) is 1.67. The molecule has 0 bridgehead atoms. The molecule has 0 amide bonds. The van der Waals surface area contributed by atoms with Crippen LogP contribution in [0.4, 0.5) is 0 Å². The van der Waals surface area contributed by atoms with Crippen LogP contribution >= 0.6 is 11.3 Å². The summed E-state index contributed by atoms with van der Waals surface area (Å²) in [4.78, 5) is 0. The molecule has 1 N–H and O–H groups in total. The zero-order valence-corrected chi connectivity index (χ0v) is 8.59. The van der Waals surface area contributed by atoms with Crippen molar-refractivity contribution >= 4 is 11.3 Å². The zero-order chi connectivity index (χ0) is 9.10. The van der Waals surface area contributed by atoms with E-state index in [2.05, 4.69) is 16.8 Å². The van der Waals surface area contributed by atoms with Gasteiger partial charge in [0.2, 0.25) is 0 Å². The number of hydrogen-bond acceptors (Lipinski definition) is 2. The summed E-state index contributed by atoms with van der Waals surface area (Å²) in [7, 11) is 0. The summed E-state index contributed by atoms with van der Waals surface area (Å²) in [5, 5.41) is 13.9. The lowest BCUT2D eigenvalue weighted by Gasteiger charge is -2.07. The molecule has 1 aromatic heterocycles. The van der Waals surface area contributed by atoms with Gasteiger partial charge in [-0.15, -0.1) is 0 Å². The molecule has 0 aliphatic heterocycles. The molecule has 1 atom stereocenters. The average Bonchev–Trinajstić information content (AvgIpc) is 2.86. The van der Waals surface area contributed by atoms with Crippen molar-refractivity contribution in [3.63, 3.8) is 0 Å². The van der Waals surface area contributed by atoms with Crippen LogP contribution in [0.25, 0.3) is 0 Å². The van der Waals surface area contributed by atoms with Gasteiger partial charge in [-0.05, 0) is 60.4 Å². The van der Waals surface area contributed by atoms with E-state index in [1.807, 2.05) is 0 Å². The molecule has 1 fully saturated rings. The molecule has 0 saturated heterocycles. The van der Waals surface area contributed by atoms with Crippen LogP contribution in [0.1, 0.15) is 31.2 Å².